The van der Waals surface area contributed by atoms with Gasteiger partial charge in [0.2, 0.25) is 0 Å². The molecular weight excluding hydrogens is 510 g/mol. The van der Waals surface area contributed by atoms with Gasteiger partial charge in [0.05, 0.1) is 0 Å². The number of piperidine rings is 2. The molecule has 4 aliphatic rings. The third-order valence-electron chi connectivity index (χ3n) is 10.6. The fourth-order valence-electron chi connectivity index (χ4n) is 8.16. The van der Waals surface area contributed by atoms with Crippen molar-refractivity contribution in [1.82, 2.24) is 14.7 Å². The van der Waals surface area contributed by atoms with Gasteiger partial charge in [-0.2, -0.15) is 0 Å². The molecular formula is C35H47N3O3. The van der Waals surface area contributed by atoms with Gasteiger partial charge in [-0.25, -0.2) is 4.79 Å². The Morgan fingerprint density at radius 1 is 0.854 bits per heavy atom. The molecule has 3 saturated heterocycles. The zero-order valence-corrected chi connectivity index (χ0v) is 25.0. The number of benzene rings is 2. The fraction of sp³-hybridized carbons (Fsp3) is 0.600. The van der Waals surface area contributed by atoms with Gasteiger partial charge in [-0.1, -0.05) is 67.8 Å². The zero-order chi connectivity index (χ0) is 28.4. The van der Waals surface area contributed by atoms with Gasteiger partial charge >= 0.3 is 6.09 Å². The Balaban J connectivity index is 1.09. The first kappa shape index (κ1) is 28.3. The van der Waals surface area contributed by atoms with Crippen LogP contribution in [-0.2, 0) is 4.74 Å². The molecule has 1 spiro atoms. The van der Waals surface area contributed by atoms with Crippen molar-refractivity contribution in [1.29, 1.82) is 0 Å². The predicted octanol–water partition coefficient (Wildman–Crippen LogP) is 6.56. The Morgan fingerprint density at radius 2 is 1.51 bits per heavy atom. The number of likely N-dealkylation sites (tertiary alicyclic amines) is 2. The van der Waals surface area contributed by atoms with E-state index in [9.17, 15) is 9.59 Å². The monoisotopic (exact) mass is 557 g/mol. The molecule has 3 aliphatic heterocycles. The Kier molecular flexibility index (Phi) is 8.39. The van der Waals surface area contributed by atoms with Crippen LogP contribution >= 0.6 is 0 Å². The van der Waals surface area contributed by atoms with E-state index in [4.69, 9.17) is 4.74 Å². The van der Waals surface area contributed by atoms with Gasteiger partial charge in [-0.3, -0.25) is 9.69 Å². The summed E-state index contributed by atoms with van der Waals surface area (Å²) in [5.41, 5.74) is 3.85. The smallest absolute Gasteiger partial charge is 0.410 e. The molecule has 41 heavy (non-hydrogen) atoms. The Bertz CT molecular complexity index is 1190. The van der Waals surface area contributed by atoms with Crippen LogP contribution in [0, 0.1) is 19.8 Å². The van der Waals surface area contributed by atoms with Crippen molar-refractivity contribution in [2.45, 2.75) is 89.2 Å². The fourth-order valence-corrected chi connectivity index (χ4v) is 8.16. The van der Waals surface area contributed by atoms with E-state index in [1.54, 1.807) is 0 Å². The summed E-state index contributed by atoms with van der Waals surface area (Å²) in [6.07, 6.45) is 10.0. The number of hydrogen-bond acceptors (Lipinski definition) is 4. The summed E-state index contributed by atoms with van der Waals surface area (Å²) in [5, 5.41) is 0. The molecule has 0 bridgehead atoms. The molecule has 1 atom stereocenters. The summed E-state index contributed by atoms with van der Waals surface area (Å²) in [5.74, 6) is 0.981. The van der Waals surface area contributed by atoms with E-state index in [-0.39, 0.29) is 17.9 Å². The average Bonchev–Trinajstić information content (AvgIpc) is 3.00. The van der Waals surface area contributed by atoms with Gasteiger partial charge in [-0.05, 0) is 62.1 Å². The van der Waals surface area contributed by atoms with Gasteiger partial charge in [0.25, 0.3) is 5.91 Å². The molecule has 2 aromatic carbocycles. The van der Waals surface area contributed by atoms with Gasteiger partial charge in [0.1, 0.15) is 5.60 Å². The minimum absolute atomic E-state index is 0.102. The van der Waals surface area contributed by atoms with E-state index in [0.717, 1.165) is 81.6 Å². The second-order valence-corrected chi connectivity index (χ2v) is 13.1. The standard InChI is InChI=1S/C35H47N3O3/c1-26-10-9-11-27(2)32(26)33(39)37-20-16-30(17-21-37)36-22-18-35(19-23-36)31(29-14-7-4-8-15-29)25-38(34(40)41-35)24-28-12-5-3-6-13-28/h4,7-11,14-15,28,30-31H,3,5-6,12-13,16-25H2,1-2H3. The van der Waals surface area contributed by atoms with Crippen LogP contribution in [0.5, 0.6) is 0 Å². The van der Waals surface area contributed by atoms with Crippen LogP contribution in [0.15, 0.2) is 48.5 Å². The van der Waals surface area contributed by atoms with Crippen molar-refractivity contribution in [3.8, 4) is 0 Å². The van der Waals surface area contributed by atoms with E-state index >= 15 is 0 Å². The summed E-state index contributed by atoms with van der Waals surface area (Å²) in [7, 11) is 0. The highest BCUT2D eigenvalue weighted by atomic mass is 16.6. The van der Waals surface area contributed by atoms with Crippen LogP contribution in [0.1, 0.15) is 90.8 Å². The molecule has 4 fully saturated rings. The van der Waals surface area contributed by atoms with Crippen LogP contribution in [-0.4, -0.2) is 77.6 Å². The van der Waals surface area contributed by atoms with Crippen LogP contribution in [0.4, 0.5) is 4.79 Å². The maximum absolute atomic E-state index is 13.4. The molecule has 220 valence electrons. The molecule has 0 aromatic heterocycles. The number of aryl methyl sites for hydroxylation is 2. The lowest BCUT2D eigenvalue weighted by atomic mass is 9.74. The summed E-state index contributed by atoms with van der Waals surface area (Å²) in [6, 6.07) is 17.3. The highest BCUT2D eigenvalue weighted by Gasteiger charge is 2.51. The lowest BCUT2D eigenvalue weighted by Gasteiger charge is -2.52. The van der Waals surface area contributed by atoms with Crippen LogP contribution in [0.3, 0.4) is 0 Å². The summed E-state index contributed by atoms with van der Waals surface area (Å²) >= 11 is 0. The molecule has 6 rings (SSSR count). The quantitative estimate of drug-likeness (QED) is 0.418. The summed E-state index contributed by atoms with van der Waals surface area (Å²) in [4.78, 5) is 33.4. The normalized spacial score (nSPS) is 24.4. The van der Waals surface area contributed by atoms with Crippen molar-refractivity contribution >= 4 is 12.0 Å². The van der Waals surface area contributed by atoms with E-state index < -0.39 is 5.60 Å². The van der Waals surface area contributed by atoms with Crippen LogP contribution < -0.4 is 0 Å². The number of rotatable bonds is 5. The van der Waals surface area contributed by atoms with E-state index in [1.807, 2.05) is 41.8 Å². The van der Waals surface area contributed by atoms with Crippen molar-refractivity contribution in [3.63, 3.8) is 0 Å². The molecule has 0 N–H and O–H groups in total. The maximum Gasteiger partial charge on any atom is 0.410 e. The topological polar surface area (TPSA) is 53.1 Å². The van der Waals surface area contributed by atoms with Gasteiger partial charge in [0.15, 0.2) is 0 Å². The van der Waals surface area contributed by atoms with Crippen LogP contribution in [0.25, 0.3) is 0 Å². The van der Waals surface area contributed by atoms with Crippen molar-refractivity contribution in [2.24, 2.45) is 5.92 Å². The second-order valence-electron chi connectivity index (χ2n) is 13.1. The minimum atomic E-state index is -0.433. The first-order valence-corrected chi connectivity index (χ1v) is 16.1. The number of ether oxygens (including phenoxy) is 1. The lowest BCUT2D eigenvalue weighted by Crippen LogP contribution is -2.60. The first-order valence-electron chi connectivity index (χ1n) is 16.1. The first-order chi connectivity index (χ1) is 19.9. The van der Waals surface area contributed by atoms with Gasteiger partial charge in [-0.15, -0.1) is 0 Å². The molecule has 6 nitrogen and oxygen atoms in total. The number of carbonyl (C=O) groups excluding carboxylic acids is 2. The predicted molar refractivity (Wildman–Crippen MR) is 162 cm³/mol. The van der Waals surface area contributed by atoms with Gasteiger partial charge < -0.3 is 14.5 Å². The number of nitrogens with zero attached hydrogens (tertiary/aromatic N) is 3. The second kappa shape index (κ2) is 12.2. The Hall–Kier alpha value is -2.86. The number of hydrogen-bond donors (Lipinski definition) is 0. The van der Waals surface area contributed by atoms with Gasteiger partial charge in [0, 0.05) is 69.6 Å². The third kappa shape index (κ3) is 5.90. The zero-order valence-electron chi connectivity index (χ0n) is 25.0. The van der Waals surface area contributed by atoms with Crippen molar-refractivity contribution in [2.75, 3.05) is 39.3 Å². The molecule has 1 aliphatic carbocycles. The highest BCUT2D eigenvalue weighted by molar-refractivity contribution is 5.97. The Morgan fingerprint density at radius 3 is 2.17 bits per heavy atom. The molecule has 3 heterocycles. The van der Waals surface area contributed by atoms with E-state index in [0.29, 0.717) is 12.0 Å². The maximum atomic E-state index is 13.4. The molecule has 2 aromatic rings. The summed E-state index contributed by atoms with van der Waals surface area (Å²) in [6.45, 7) is 9.15. The van der Waals surface area contributed by atoms with Crippen molar-refractivity contribution in [3.05, 3.63) is 70.8 Å². The van der Waals surface area contributed by atoms with Crippen molar-refractivity contribution < 1.29 is 14.3 Å². The molecule has 0 radical (unpaired) electrons. The lowest BCUT2D eigenvalue weighted by molar-refractivity contribution is -0.104. The van der Waals surface area contributed by atoms with E-state index in [1.165, 1.54) is 37.7 Å². The number of amides is 2. The largest absolute Gasteiger partial charge is 0.442 e. The number of carbonyl (C=O) groups is 2. The highest BCUT2D eigenvalue weighted by Crippen LogP contribution is 2.45. The molecule has 1 unspecified atom stereocenters. The molecule has 2 amide bonds. The molecule has 1 saturated carbocycles. The SMILES string of the molecule is Cc1cccc(C)c1C(=O)N1CCC(N2CCC3(CC2)OC(=O)N(CC2CCCCC2)CC3c2ccccc2)CC1. The third-order valence-corrected chi connectivity index (χ3v) is 10.6. The van der Waals surface area contributed by atoms with E-state index in [2.05, 4.69) is 35.2 Å². The summed E-state index contributed by atoms with van der Waals surface area (Å²) < 4.78 is 6.50. The average molecular weight is 558 g/mol. The van der Waals surface area contributed by atoms with Crippen LogP contribution in [0.2, 0.25) is 0 Å². The minimum Gasteiger partial charge on any atom is -0.442 e. The Labute approximate surface area is 246 Å². The molecule has 6 heteroatoms.